The third-order valence-electron chi connectivity index (χ3n) is 10.9. The third kappa shape index (κ3) is 3.23. The van der Waals surface area contributed by atoms with E-state index in [1.165, 1.54) is 32.7 Å². The van der Waals surface area contributed by atoms with Crippen LogP contribution in [0.3, 0.4) is 0 Å². The van der Waals surface area contributed by atoms with E-state index >= 15 is 0 Å². The Labute approximate surface area is 231 Å². The molecular formula is C35H36O2S. The first-order valence-electron chi connectivity index (χ1n) is 14.2. The fraction of sp³-hybridized carbons (Fsp3) is 0.457. The second-order valence-electron chi connectivity index (χ2n) is 12.5. The fourth-order valence-electron chi connectivity index (χ4n) is 9.15. The molecule has 2 aromatic carbocycles. The number of carbonyl (C=O) groups is 1. The van der Waals surface area contributed by atoms with E-state index in [-0.39, 0.29) is 16.7 Å². The van der Waals surface area contributed by atoms with E-state index in [2.05, 4.69) is 67.5 Å². The second kappa shape index (κ2) is 8.48. The van der Waals surface area contributed by atoms with Crippen LogP contribution < -0.4 is 0 Å². The lowest BCUT2D eigenvalue weighted by atomic mass is 9.45. The average Bonchev–Trinajstić information content (AvgIpc) is 3.18. The highest BCUT2D eigenvalue weighted by atomic mass is 32.2. The highest BCUT2D eigenvalue weighted by Gasteiger charge is 2.64. The fourth-order valence-corrected chi connectivity index (χ4v) is 9.56. The summed E-state index contributed by atoms with van der Waals surface area (Å²) in [6, 6.07) is 16.0. The number of hydrogen-bond donors (Lipinski definition) is 1. The summed E-state index contributed by atoms with van der Waals surface area (Å²) in [6.07, 6.45) is 11.4. The number of aliphatic hydroxyl groups is 1. The van der Waals surface area contributed by atoms with E-state index in [0.717, 1.165) is 44.9 Å². The van der Waals surface area contributed by atoms with Crippen molar-refractivity contribution in [1.29, 1.82) is 0 Å². The van der Waals surface area contributed by atoms with Crippen LogP contribution in [0.2, 0.25) is 0 Å². The van der Waals surface area contributed by atoms with Crippen LogP contribution >= 0.6 is 11.8 Å². The zero-order chi connectivity index (χ0) is 26.3. The van der Waals surface area contributed by atoms with Gasteiger partial charge in [-0.05, 0) is 105 Å². The van der Waals surface area contributed by atoms with E-state index in [0.29, 0.717) is 18.1 Å². The molecular weight excluding hydrogens is 484 g/mol. The van der Waals surface area contributed by atoms with Gasteiger partial charge in [0.1, 0.15) is 5.60 Å². The van der Waals surface area contributed by atoms with Crippen LogP contribution in [0.5, 0.6) is 0 Å². The van der Waals surface area contributed by atoms with Gasteiger partial charge in [-0.3, -0.25) is 4.79 Å². The van der Waals surface area contributed by atoms with Gasteiger partial charge in [0.2, 0.25) is 0 Å². The first-order chi connectivity index (χ1) is 18.3. The van der Waals surface area contributed by atoms with Gasteiger partial charge in [-0.25, -0.2) is 0 Å². The van der Waals surface area contributed by atoms with Crippen molar-refractivity contribution in [2.75, 3.05) is 6.26 Å². The predicted octanol–water partition coefficient (Wildman–Crippen LogP) is 7.66. The van der Waals surface area contributed by atoms with Crippen molar-refractivity contribution in [3.63, 3.8) is 0 Å². The summed E-state index contributed by atoms with van der Waals surface area (Å²) < 4.78 is 0. The van der Waals surface area contributed by atoms with Crippen LogP contribution in [0.4, 0.5) is 0 Å². The van der Waals surface area contributed by atoms with Crippen LogP contribution in [-0.4, -0.2) is 22.7 Å². The largest absolute Gasteiger partial charge is 0.377 e. The van der Waals surface area contributed by atoms with Crippen molar-refractivity contribution >= 4 is 17.5 Å². The van der Waals surface area contributed by atoms with Gasteiger partial charge in [0.05, 0.1) is 0 Å². The molecule has 0 aromatic heterocycles. The predicted molar refractivity (Wildman–Crippen MR) is 155 cm³/mol. The number of carbonyl (C=O) groups excluding carboxylic acids is 1. The first kappa shape index (κ1) is 24.5. The molecule has 5 aliphatic rings. The molecule has 1 spiro atoms. The minimum Gasteiger partial charge on any atom is -0.377 e. The van der Waals surface area contributed by atoms with Gasteiger partial charge in [-0.1, -0.05) is 59.9 Å². The van der Waals surface area contributed by atoms with Crippen molar-refractivity contribution < 1.29 is 9.90 Å². The van der Waals surface area contributed by atoms with Crippen molar-refractivity contribution in [3.8, 4) is 23.0 Å². The molecule has 0 saturated heterocycles. The molecule has 5 aliphatic carbocycles. The molecule has 0 aliphatic heterocycles. The van der Waals surface area contributed by atoms with Crippen molar-refractivity contribution in [2.24, 2.45) is 16.7 Å². The van der Waals surface area contributed by atoms with E-state index in [9.17, 15) is 9.90 Å². The standard InChI is InChI=1S/C35H36O2S/c1-4-15-35(37)17-14-31-29-12-8-25-19-26(36)13-16-34(25)20-24-18-23(22-5-9-27(38-3)10-6-22)7-11-28(24)30(32(29)34)21-33(31,35)2/h5-7,9-11,18-19,30-31,37H,8,12-14,16-17,20-21H2,1-3H3/t30-,31+,33+,34-,35+/m1/s1. The van der Waals surface area contributed by atoms with Crippen LogP contribution in [0.15, 0.2) is 70.2 Å². The molecule has 194 valence electrons. The van der Waals surface area contributed by atoms with Gasteiger partial charge in [0.25, 0.3) is 0 Å². The van der Waals surface area contributed by atoms with Gasteiger partial charge in [-0.2, -0.15) is 0 Å². The molecule has 0 heterocycles. The second-order valence-corrected chi connectivity index (χ2v) is 13.4. The van der Waals surface area contributed by atoms with Gasteiger partial charge in [0.15, 0.2) is 5.78 Å². The number of benzene rings is 2. The summed E-state index contributed by atoms with van der Waals surface area (Å²) in [4.78, 5) is 13.9. The molecule has 0 bridgehead atoms. The van der Waals surface area contributed by atoms with E-state index in [1.54, 1.807) is 22.9 Å². The van der Waals surface area contributed by atoms with E-state index in [1.807, 2.05) is 13.0 Å². The van der Waals surface area contributed by atoms with Crippen molar-refractivity contribution in [1.82, 2.24) is 0 Å². The Morgan fingerprint density at radius 1 is 1.03 bits per heavy atom. The van der Waals surface area contributed by atoms with Crippen molar-refractivity contribution in [3.05, 3.63) is 76.4 Å². The van der Waals surface area contributed by atoms with Gasteiger partial charge in [0, 0.05) is 28.1 Å². The summed E-state index contributed by atoms with van der Waals surface area (Å²) >= 11 is 1.77. The number of fused-ring (bicyclic) bond motifs is 4. The lowest BCUT2D eigenvalue weighted by Gasteiger charge is -2.58. The Morgan fingerprint density at radius 3 is 2.58 bits per heavy atom. The number of allylic oxidation sites excluding steroid dienone is 4. The zero-order valence-electron chi connectivity index (χ0n) is 22.7. The Balaban J connectivity index is 1.43. The third-order valence-corrected chi connectivity index (χ3v) is 11.7. The summed E-state index contributed by atoms with van der Waals surface area (Å²) in [5, 5.41) is 11.9. The highest BCUT2D eigenvalue weighted by molar-refractivity contribution is 7.98. The molecule has 0 radical (unpaired) electrons. The van der Waals surface area contributed by atoms with Gasteiger partial charge >= 0.3 is 0 Å². The quantitative estimate of drug-likeness (QED) is 0.251. The molecule has 2 aromatic rings. The molecule has 0 amide bonds. The summed E-state index contributed by atoms with van der Waals surface area (Å²) in [5.74, 6) is 7.31. The topological polar surface area (TPSA) is 37.3 Å². The monoisotopic (exact) mass is 520 g/mol. The maximum atomic E-state index is 12.6. The molecule has 38 heavy (non-hydrogen) atoms. The molecule has 1 fully saturated rings. The smallest absolute Gasteiger partial charge is 0.155 e. The number of hydrogen-bond acceptors (Lipinski definition) is 3. The lowest BCUT2D eigenvalue weighted by Crippen LogP contribution is -2.52. The Kier molecular flexibility index (Phi) is 5.47. The first-order valence-corrected chi connectivity index (χ1v) is 15.5. The molecule has 3 heteroatoms. The number of thioether (sulfide) groups is 1. The molecule has 1 N–H and O–H groups in total. The number of ketones is 1. The summed E-state index contributed by atoms with van der Waals surface area (Å²) in [7, 11) is 0. The maximum absolute atomic E-state index is 12.6. The molecule has 0 unspecified atom stereocenters. The van der Waals surface area contributed by atoms with Crippen LogP contribution in [0, 0.1) is 28.6 Å². The summed E-state index contributed by atoms with van der Waals surface area (Å²) in [5.41, 5.74) is 8.77. The highest BCUT2D eigenvalue weighted by Crippen LogP contribution is 2.70. The minimum atomic E-state index is -0.937. The van der Waals surface area contributed by atoms with Crippen LogP contribution in [0.25, 0.3) is 11.1 Å². The Hall–Kier alpha value is -2.54. The average molecular weight is 521 g/mol. The van der Waals surface area contributed by atoms with E-state index < -0.39 is 5.60 Å². The van der Waals surface area contributed by atoms with E-state index in [4.69, 9.17) is 0 Å². The molecule has 2 nitrogen and oxygen atoms in total. The molecule has 7 rings (SSSR count). The SMILES string of the molecule is CC#C[C@]1(O)CC[C@H]2C3=C4[C@H](C[C@@]21C)c1ccc(-c2ccc(SC)cc2)cc1C[C@@]41CCC(=O)C=C1CC3. The minimum absolute atomic E-state index is 0.0288. The number of rotatable bonds is 2. The maximum Gasteiger partial charge on any atom is 0.155 e. The van der Waals surface area contributed by atoms with Gasteiger partial charge < -0.3 is 5.11 Å². The summed E-state index contributed by atoms with van der Waals surface area (Å²) in [6.45, 7) is 4.17. The van der Waals surface area contributed by atoms with Crippen molar-refractivity contribution in [2.45, 2.75) is 81.6 Å². The normalized spacial score (nSPS) is 34.8. The Morgan fingerprint density at radius 2 is 1.82 bits per heavy atom. The Bertz CT molecular complexity index is 1480. The van der Waals surface area contributed by atoms with Gasteiger partial charge in [-0.15, -0.1) is 17.7 Å². The molecule has 1 saturated carbocycles. The molecule has 5 atom stereocenters. The van der Waals surface area contributed by atoms with Crippen LogP contribution in [-0.2, 0) is 11.2 Å². The lowest BCUT2D eigenvalue weighted by molar-refractivity contribution is -0.115. The van der Waals surface area contributed by atoms with Crippen LogP contribution in [0.1, 0.15) is 75.8 Å². The zero-order valence-corrected chi connectivity index (χ0v) is 23.5.